The molecule has 0 aromatic heterocycles. The van der Waals surface area contributed by atoms with Gasteiger partial charge < -0.3 is 25.6 Å². The van der Waals surface area contributed by atoms with Gasteiger partial charge in [-0.1, -0.05) is 69.2 Å². The quantitative estimate of drug-likeness (QED) is 0.511. The largest absolute Gasteiger partial charge is 0.493 e. The smallest absolute Gasteiger partial charge is 0.255 e. The first kappa shape index (κ1) is 31.6. The first-order chi connectivity index (χ1) is 19.7. The fourth-order valence-corrected chi connectivity index (χ4v) is 4.79. The molecule has 1 aliphatic rings. The van der Waals surface area contributed by atoms with Gasteiger partial charge in [-0.05, 0) is 49.3 Å². The molecule has 1 aliphatic heterocycles. The van der Waals surface area contributed by atoms with E-state index >= 15 is 0 Å². The molecule has 0 saturated heterocycles. The van der Waals surface area contributed by atoms with Crippen LogP contribution in [-0.2, 0) is 20.9 Å². The Morgan fingerprint density at radius 1 is 0.976 bits per heavy atom. The Morgan fingerprint density at radius 2 is 1.68 bits per heavy atom. The molecule has 9 nitrogen and oxygen atoms in total. The Morgan fingerprint density at radius 3 is 2.44 bits per heavy atom. The van der Waals surface area contributed by atoms with Crippen molar-refractivity contribution in [3.8, 4) is 5.75 Å². The Bertz CT molecular complexity index is 1150. The van der Waals surface area contributed by atoms with Gasteiger partial charge in [-0.15, -0.1) is 0 Å². The van der Waals surface area contributed by atoms with Gasteiger partial charge >= 0.3 is 0 Å². The summed E-state index contributed by atoms with van der Waals surface area (Å²) >= 11 is 0. The molecule has 0 saturated carbocycles. The number of hydrogen-bond donors (Lipinski definition) is 3. The van der Waals surface area contributed by atoms with E-state index in [0.717, 1.165) is 31.2 Å². The van der Waals surface area contributed by atoms with E-state index in [-0.39, 0.29) is 37.1 Å². The van der Waals surface area contributed by atoms with Crippen LogP contribution in [0.4, 0.5) is 0 Å². The van der Waals surface area contributed by atoms with Gasteiger partial charge in [0.15, 0.2) is 0 Å². The Labute approximate surface area is 243 Å². The molecular weight excluding hydrogens is 520 g/mol. The van der Waals surface area contributed by atoms with Crippen molar-refractivity contribution < 1.29 is 23.9 Å². The zero-order valence-corrected chi connectivity index (χ0v) is 24.5. The number of carbonyl (C=O) groups is 4. The second-order valence-corrected chi connectivity index (χ2v) is 11.0. The number of rotatable bonds is 5. The lowest BCUT2D eigenvalue weighted by Gasteiger charge is -2.26. The number of likely N-dealkylation sites (N-methyl/N-ethyl adjacent to an activating group) is 1. The summed E-state index contributed by atoms with van der Waals surface area (Å²) in [5, 5.41) is 8.58. The van der Waals surface area contributed by atoms with E-state index in [2.05, 4.69) is 16.0 Å². The maximum atomic E-state index is 13.3. The summed E-state index contributed by atoms with van der Waals surface area (Å²) in [6.45, 7) is 5.37. The average molecular weight is 565 g/mol. The van der Waals surface area contributed by atoms with Crippen LogP contribution >= 0.6 is 0 Å². The van der Waals surface area contributed by atoms with Gasteiger partial charge in [0.1, 0.15) is 17.8 Å². The predicted octanol–water partition coefficient (Wildman–Crippen LogP) is 3.82. The summed E-state index contributed by atoms with van der Waals surface area (Å²) in [4.78, 5) is 54.5. The van der Waals surface area contributed by atoms with E-state index in [1.807, 2.05) is 44.2 Å². The third kappa shape index (κ3) is 10.6. The summed E-state index contributed by atoms with van der Waals surface area (Å²) in [6.07, 6.45) is 4.07. The van der Waals surface area contributed by atoms with Crippen LogP contribution in [0.2, 0.25) is 0 Å². The van der Waals surface area contributed by atoms with Crippen LogP contribution in [0.3, 0.4) is 0 Å². The summed E-state index contributed by atoms with van der Waals surface area (Å²) in [6, 6.07) is 14.8. The molecule has 3 rings (SSSR count). The molecule has 2 aromatic rings. The highest BCUT2D eigenvalue weighted by Crippen LogP contribution is 2.19. The third-order valence-corrected chi connectivity index (χ3v) is 7.09. The van der Waals surface area contributed by atoms with Gasteiger partial charge in [-0.2, -0.15) is 0 Å². The van der Waals surface area contributed by atoms with Crippen molar-refractivity contribution in [1.82, 2.24) is 20.9 Å². The molecule has 222 valence electrons. The highest BCUT2D eigenvalue weighted by atomic mass is 16.5. The SMILES string of the molecule is CC(C)C[C@@H]1NC(=O)CC[C@@H](C(=O)NCc2ccccc2)NC(=O)c2ccccc2OCCCCCCN(C)C1=O. The topological polar surface area (TPSA) is 117 Å². The Balaban J connectivity index is 1.81. The van der Waals surface area contributed by atoms with E-state index < -0.39 is 23.9 Å². The standard InChI is InChI=1S/C32H44N4O5/c1-23(2)21-27-32(40)36(3)19-11-4-5-12-20-41-28-16-10-9-15-25(28)30(38)35-26(17-18-29(37)34-27)31(39)33-22-24-13-7-6-8-14-24/h6-10,13-16,23,26-27H,4-5,11-12,17-22H2,1-3H3,(H,33,39)(H,34,37)(H,35,38)/t26-,27-/m0/s1. The second kappa shape index (κ2) is 16.4. The number of amides is 4. The summed E-state index contributed by atoms with van der Waals surface area (Å²) in [5.74, 6) is -0.647. The summed E-state index contributed by atoms with van der Waals surface area (Å²) in [5.41, 5.74) is 1.25. The van der Waals surface area contributed by atoms with Crippen LogP contribution in [0.1, 0.15) is 74.7 Å². The van der Waals surface area contributed by atoms with Crippen LogP contribution in [0.25, 0.3) is 0 Å². The maximum Gasteiger partial charge on any atom is 0.255 e. The minimum Gasteiger partial charge on any atom is -0.493 e. The van der Waals surface area contributed by atoms with Crippen LogP contribution in [0, 0.1) is 5.92 Å². The number of nitrogens with zero attached hydrogens (tertiary/aromatic N) is 1. The van der Waals surface area contributed by atoms with Gasteiger partial charge in [0.05, 0.1) is 12.2 Å². The van der Waals surface area contributed by atoms with Crippen molar-refractivity contribution in [1.29, 1.82) is 0 Å². The van der Waals surface area contributed by atoms with Crippen molar-refractivity contribution >= 4 is 23.6 Å². The average Bonchev–Trinajstić information content (AvgIpc) is 2.96. The molecule has 0 aliphatic carbocycles. The minimum absolute atomic E-state index is 0.0343. The van der Waals surface area contributed by atoms with Crippen LogP contribution < -0.4 is 20.7 Å². The monoisotopic (exact) mass is 564 g/mol. The zero-order chi connectivity index (χ0) is 29.6. The molecule has 3 N–H and O–H groups in total. The normalized spacial score (nSPS) is 20.0. The molecule has 2 atom stereocenters. The van der Waals surface area contributed by atoms with Gasteiger partial charge in [0.25, 0.3) is 5.91 Å². The van der Waals surface area contributed by atoms with Gasteiger partial charge in [-0.25, -0.2) is 0 Å². The molecule has 2 aromatic carbocycles. The molecule has 41 heavy (non-hydrogen) atoms. The number of nitrogens with one attached hydrogen (secondary N) is 3. The van der Waals surface area contributed by atoms with E-state index in [1.54, 1.807) is 36.2 Å². The predicted molar refractivity (Wildman–Crippen MR) is 158 cm³/mol. The van der Waals surface area contributed by atoms with E-state index in [1.165, 1.54) is 0 Å². The highest BCUT2D eigenvalue weighted by molar-refractivity contribution is 5.99. The fraction of sp³-hybridized carbons (Fsp3) is 0.500. The maximum absolute atomic E-state index is 13.3. The van der Waals surface area contributed by atoms with Gasteiger partial charge in [0.2, 0.25) is 17.7 Å². The molecule has 1 heterocycles. The zero-order valence-electron chi connectivity index (χ0n) is 24.5. The van der Waals surface area contributed by atoms with Crippen molar-refractivity contribution in [3.05, 3.63) is 65.7 Å². The van der Waals surface area contributed by atoms with Crippen molar-refractivity contribution in [2.45, 2.75) is 77.4 Å². The summed E-state index contributed by atoms with van der Waals surface area (Å²) < 4.78 is 5.94. The van der Waals surface area contributed by atoms with Crippen molar-refractivity contribution in [2.24, 2.45) is 5.92 Å². The number of hydrogen-bond acceptors (Lipinski definition) is 5. The number of benzene rings is 2. The lowest BCUT2D eigenvalue weighted by molar-refractivity contribution is -0.136. The van der Waals surface area contributed by atoms with Gasteiger partial charge in [-0.3, -0.25) is 19.2 Å². The second-order valence-electron chi connectivity index (χ2n) is 11.0. The molecule has 0 fully saturated rings. The molecule has 4 amide bonds. The number of para-hydroxylation sites is 1. The van der Waals surface area contributed by atoms with Crippen LogP contribution in [0.5, 0.6) is 5.75 Å². The molecule has 9 heteroatoms. The Kier molecular flexibility index (Phi) is 12.7. The van der Waals surface area contributed by atoms with Crippen molar-refractivity contribution in [3.63, 3.8) is 0 Å². The van der Waals surface area contributed by atoms with E-state index in [9.17, 15) is 19.2 Å². The summed E-state index contributed by atoms with van der Waals surface area (Å²) in [7, 11) is 1.77. The molecule has 0 unspecified atom stereocenters. The number of ether oxygens (including phenoxy) is 1. The van der Waals surface area contributed by atoms with E-state index in [0.29, 0.717) is 30.9 Å². The first-order valence-electron chi connectivity index (χ1n) is 14.6. The molecule has 0 spiro atoms. The van der Waals surface area contributed by atoms with Gasteiger partial charge in [0, 0.05) is 26.6 Å². The molecule has 0 bridgehead atoms. The first-order valence-corrected chi connectivity index (χ1v) is 14.6. The third-order valence-electron chi connectivity index (χ3n) is 7.09. The molecule has 0 radical (unpaired) electrons. The number of fused-ring (bicyclic) bond motifs is 1. The lowest BCUT2D eigenvalue weighted by atomic mass is 10.0. The van der Waals surface area contributed by atoms with E-state index in [4.69, 9.17) is 4.74 Å². The van der Waals surface area contributed by atoms with Crippen LogP contribution in [0.15, 0.2) is 54.6 Å². The van der Waals surface area contributed by atoms with Crippen molar-refractivity contribution in [2.75, 3.05) is 20.2 Å². The highest BCUT2D eigenvalue weighted by Gasteiger charge is 2.27. The lowest BCUT2D eigenvalue weighted by Crippen LogP contribution is -2.49. The minimum atomic E-state index is -0.964. The van der Waals surface area contributed by atoms with Crippen LogP contribution in [-0.4, -0.2) is 60.8 Å². The number of carbonyl (C=O) groups excluding carboxylic acids is 4. The molecular formula is C32H44N4O5. The fourth-order valence-electron chi connectivity index (χ4n) is 4.79. The Hall–Kier alpha value is -3.88.